The summed E-state index contributed by atoms with van der Waals surface area (Å²) in [6.07, 6.45) is 0. The van der Waals surface area contributed by atoms with Crippen molar-refractivity contribution in [1.29, 1.82) is 0 Å². The fraction of sp³-hybridized carbons (Fsp3) is 0.538. The van der Waals surface area contributed by atoms with Crippen LogP contribution in [0, 0.1) is 0 Å². The lowest BCUT2D eigenvalue weighted by Gasteiger charge is -2.23. The first-order valence-corrected chi connectivity index (χ1v) is 6.51. The van der Waals surface area contributed by atoms with E-state index in [1.54, 1.807) is 6.07 Å². The standard InChI is InChI=1S/C13H20Cl2N2/c1-9(8-17(3)4)16-10(2)12-6-5-11(14)7-13(12)15/h5-7,9-10,16H,8H2,1-4H3. The van der Waals surface area contributed by atoms with Crippen molar-refractivity contribution in [2.24, 2.45) is 0 Å². The zero-order valence-corrected chi connectivity index (χ0v) is 12.3. The summed E-state index contributed by atoms with van der Waals surface area (Å²) in [5.74, 6) is 0. The largest absolute Gasteiger partial charge is 0.308 e. The van der Waals surface area contributed by atoms with Gasteiger partial charge in [0, 0.05) is 28.7 Å². The van der Waals surface area contributed by atoms with Gasteiger partial charge in [0.15, 0.2) is 0 Å². The van der Waals surface area contributed by atoms with Crippen LogP contribution in [0.2, 0.25) is 10.0 Å². The summed E-state index contributed by atoms with van der Waals surface area (Å²) in [5.41, 5.74) is 1.08. The average molecular weight is 275 g/mol. The molecule has 2 unspecified atom stereocenters. The van der Waals surface area contributed by atoms with Gasteiger partial charge in [-0.2, -0.15) is 0 Å². The van der Waals surface area contributed by atoms with Crippen molar-refractivity contribution in [3.8, 4) is 0 Å². The highest BCUT2D eigenvalue weighted by Crippen LogP contribution is 2.26. The predicted molar refractivity (Wildman–Crippen MR) is 76.0 cm³/mol. The first-order valence-electron chi connectivity index (χ1n) is 5.76. The number of nitrogens with one attached hydrogen (secondary N) is 1. The van der Waals surface area contributed by atoms with Crippen LogP contribution in [0.1, 0.15) is 25.5 Å². The van der Waals surface area contributed by atoms with Crippen LogP contribution in [0.3, 0.4) is 0 Å². The molecule has 2 atom stereocenters. The van der Waals surface area contributed by atoms with Gasteiger partial charge in [0.25, 0.3) is 0 Å². The van der Waals surface area contributed by atoms with Crippen LogP contribution in [0.4, 0.5) is 0 Å². The Balaban J connectivity index is 2.66. The average Bonchev–Trinajstić information content (AvgIpc) is 2.15. The van der Waals surface area contributed by atoms with E-state index in [0.29, 0.717) is 11.1 Å². The van der Waals surface area contributed by atoms with Crippen LogP contribution in [0.5, 0.6) is 0 Å². The zero-order chi connectivity index (χ0) is 13.0. The molecule has 0 heterocycles. The monoisotopic (exact) mass is 274 g/mol. The molecule has 0 amide bonds. The molecule has 0 bridgehead atoms. The van der Waals surface area contributed by atoms with Gasteiger partial charge >= 0.3 is 0 Å². The SMILES string of the molecule is CC(CN(C)C)NC(C)c1ccc(Cl)cc1Cl. The van der Waals surface area contributed by atoms with E-state index >= 15 is 0 Å². The fourth-order valence-corrected chi connectivity index (χ4v) is 2.54. The molecule has 2 nitrogen and oxygen atoms in total. The van der Waals surface area contributed by atoms with Crippen molar-refractivity contribution in [3.63, 3.8) is 0 Å². The third-order valence-corrected chi connectivity index (χ3v) is 3.16. The lowest BCUT2D eigenvalue weighted by atomic mass is 10.1. The van der Waals surface area contributed by atoms with E-state index in [0.717, 1.165) is 17.1 Å². The van der Waals surface area contributed by atoms with Crippen LogP contribution in [-0.2, 0) is 0 Å². The minimum Gasteiger partial charge on any atom is -0.308 e. The maximum absolute atomic E-state index is 6.18. The summed E-state index contributed by atoms with van der Waals surface area (Å²) in [6.45, 7) is 5.27. The Morgan fingerprint density at radius 1 is 1.24 bits per heavy atom. The molecule has 1 N–H and O–H groups in total. The van der Waals surface area contributed by atoms with Gasteiger partial charge in [-0.3, -0.25) is 0 Å². The van der Waals surface area contributed by atoms with Crippen molar-refractivity contribution < 1.29 is 0 Å². The summed E-state index contributed by atoms with van der Waals surface area (Å²) in [7, 11) is 4.14. The molecule has 0 aliphatic heterocycles. The number of rotatable bonds is 5. The van der Waals surface area contributed by atoms with Gasteiger partial charge in [0.2, 0.25) is 0 Å². The summed E-state index contributed by atoms with van der Waals surface area (Å²) in [4.78, 5) is 2.16. The molecule has 1 aromatic rings. The van der Waals surface area contributed by atoms with Crippen LogP contribution < -0.4 is 5.32 Å². The molecule has 4 heteroatoms. The first kappa shape index (κ1) is 14.8. The number of hydrogen-bond donors (Lipinski definition) is 1. The molecule has 0 spiro atoms. The van der Waals surface area contributed by atoms with Gasteiger partial charge in [-0.1, -0.05) is 29.3 Å². The van der Waals surface area contributed by atoms with Gasteiger partial charge in [0.05, 0.1) is 0 Å². The molecule has 0 aromatic heterocycles. The maximum Gasteiger partial charge on any atom is 0.0468 e. The summed E-state index contributed by atoms with van der Waals surface area (Å²) >= 11 is 12.1. The maximum atomic E-state index is 6.18. The highest BCUT2D eigenvalue weighted by atomic mass is 35.5. The Bertz CT molecular complexity index is 366. The molecule has 0 aliphatic rings. The highest BCUT2D eigenvalue weighted by Gasteiger charge is 2.13. The first-order chi connectivity index (χ1) is 7.90. The van der Waals surface area contributed by atoms with Crippen molar-refractivity contribution in [2.75, 3.05) is 20.6 Å². The Morgan fingerprint density at radius 3 is 2.41 bits per heavy atom. The second-order valence-electron chi connectivity index (χ2n) is 4.72. The van der Waals surface area contributed by atoms with Crippen LogP contribution in [-0.4, -0.2) is 31.6 Å². The van der Waals surface area contributed by atoms with E-state index in [2.05, 4.69) is 38.2 Å². The minimum absolute atomic E-state index is 0.217. The highest BCUT2D eigenvalue weighted by molar-refractivity contribution is 6.35. The second kappa shape index (κ2) is 6.60. The number of nitrogens with zero attached hydrogens (tertiary/aromatic N) is 1. The minimum atomic E-state index is 0.217. The van der Waals surface area contributed by atoms with Gasteiger partial charge in [-0.25, -0.2) is 0 Å². The van der Waals surface area contributed by atoms with E-state index in [1.165, 1.54) is 0 Å². The Hall–Kier alpha value is -0.280. The quantitative estimate of drug-likeness (QED) is 0.883. The van der Waals surface area contributed by atoms with Crippen molar-refractivity contribution in [2.45, 2.75) is 25.9 Å². The topological polar surface area (TPSA) is 15.3 Å². The molecule has 1 rings (SSSR count). The lowest BCUT2D eigenvalue weighted by molar-refractivity contribution is 0.334. The van der Waals surface area contributed by atoms with Gasteiger partial charge < -0.3 is 10.2 Å². The van der Waals surface area contributed by atoms with Crippen molar-refractivity contribution in [1.82, 2.24) is 10.2 Å². The Morgan fingerprint density at radius 2 is 1.88 bits per heavy atom. The third kappa shape index (κ3) is 4.84. The Labute approximate surface area is 114 Å². The Kier molecular flexibility index (Phi) is 5.74. The number of halogens is 2. The number of benzene rings is 1. The van der Waals surface area contributed by atoms with Crippen LogP contribution in [0.15, 0.2) is 18.2 Å². The van der Waals surface area contributed by atoms with E-state index in [4.69, 9.17) is 23.2 Å². The molecule has 0 saturated carbocycles. The fourth-order valence-electron chi connectivity index (χ4n) is 1.97. The normalized spacial score (nSPS) is 15.0. The molecular weight excluding hydrogens is 255 g/mol. The molecule has 0 radical (unpaired) electrons. The van der Waals surface area contributed by atoms with Crippen LogP contribution in [0.25, 0.3) is 0 Å². The van der Waals surface area contributed by atoms with Crippen molar-refractivity contribution >= 4 is 23.2 Å². The third-order valence-electron chi connectivity index (χ3n) is 2.60. The molecular formula is C13H20Cl2N2. The lowest BCUT2D eigenvalue weighted by Crippen LogP contribution is -2.37. The number of hydrogen-bond acceptors (Lipinski definition) is 2. The molecule has 96 valence electrons. The van der Waals surface area contributed by atoms with Gasteiger partial charge in [0.1, 0.15) is 0 Å². The molecule has 0 saturated heterocycles. The van der Waals surface area contributed by atoms with E-state index < -0.39 is 0 Å². The molecule has 1 aromatic carbocycles. The molecule has 0 fully saturated rings. The van der Waals surface area contributed by atoms with Gasteiger partial charge in [-0.05, 0) is 45.6 Å². The zero-order valence-electron chi connectivity index (χ0n) is 10.8. The van der Waals surface area contributed by atoms with E-state index in [1.807, 2.05) is 12.1 Å². The summed E-state index contributed by atoms with van der Waals surface area (Å²) in [5, 5.41) is 4.91. The summed E-state index contributed by atoms with van der Waals surface area (Å²) in [6, 6.07) is 6.26. The predicted octanol–water partition coefficient (Wildman–Crippen LogP) is 3.59. The smallest absolute Gasteiger partial charge is 0.0468 e. The van der Waals surface area contributed by atoms with Gasteiger partial charge in [-0.15, -0.1) is 0 Å². The van der Waals surface area contributed by atoms with E-state index in [9.17, 15) is 0 Å². The second-order valence-corrected chi connectivity index (χ2v) is 5.56. The molecule has 17 heavy (non-hydrogen) atoms. The van der Waals surface area contributed by atoms with Crippen LogP contribution >= 0.6 is 23.2 Å². The van der Waals surface area contributed by atoms with Crippen molar-refractivity contribution in [3.05, 3.63) is 33.8 Å². The summed E-state index contributed by atoms with van der Waals surface area (Å²) < 4.78 is 0. The number of likely N-dealkylation sites (N-methyl/N-ethyl adjacent to an activating group) is 1. The van der Waals surface area contributed by atoms with E-state index in [-0.39, 0.29) is 6.04 Å². The molecule has 0 aliphatic carbocycles.